The summed E-state index contributed by atoms with van der Waals surface area (Å²) in [5.41, 5.74) is 9.33. The van der Waals surface area contributed by atoms with Gasteiger partial charge in [-0.15, -0.1) is 11.3 Å². The van der Waals surface area contributed by atoms with Gasteiger partial charge in [-0.2, -0.15) is 0 Å². The highest BCUT2D eigenvalue weighted by Crippen LogP contribution is 2.32. The van der Waals surface area contributed by atoms with Gasteiger partial charge in [-0.25, -0.2) is 4.98 Å². The molecule has 0 fully saturated rings. The van der Waals surface area contributed by atoms with Gasteiger partial charge < -0.3 is 5.73 Å². The van der Waals surface area contributed by atoms with Crippen molar-refractivity contribution in [1.82, 2.24) is 9.97 Å². The van der Waals surface area contributed by atoms with Crippen LogP contribution < -0.4 is 5.73 Å². The molecule has 104 valence electrons. The molecule has 0 aliphatic rings. The van der Waals surface area contributed by atoms with E-state index in [9.17, 15) is 0 Å². The summed E-state index contributed by atoms with van der Waals surface area (Å²) in [6.45, 7) is 0. The second-order valence-electron chi connectivity index (χ2n) is 4.44. The highest BCUT2D eigenvalue weighted by molar-refractivity contribution is 7.22. The third-order valence-corrected chi connectivity index (χ3v) is 4.20. The van der Waals surface area contributed by atoms with E-state index in [-0.39, 0.29) is 0 Å². The summed E-state index contributed by atoms with van der Waals surface area (Å²) in [5, 5.41) is 0. The third kappa shape index (κ3) is 2.68. The van der Waals surface area contributed by atoms with Gasteiger partial charge in [-0.1, -0.05) is 6.07 Å². The Morgan fingerprint density at radius 1 is 1.33 bits per heavy atom. The van der Waals surface area contributed by atoms with Gasteiger partial charge in [0.15, 0.2) is 0 Å². The molecule has 0 bridgehead atoms. The summed E-state index contributed by atoms with van der Waals surface area (Å²) >= 11 is 1.70. The highest BCUT2D eigenvalue weighted by Gasteiger charge is 2.07. The molecular formula is C16H14N4S. The number of nitrogens with zero attached hydrogens (tertiary/aromatic N) is 3. The maximum atomic E-state index is 5.63. The van der Waals surface area contributed by atoms with Crippen molar-refractivity contribution in [2.75, 3.05) is 7.05 Å². The summed E-state index contributed by atoms with van der Waals surface area (Å²) in [6.07, 6.45) is 6.87. The third-order valence-electron chi connectivity index (χ3n) is 3.06. The molecule has 0 aliphatic heterocycles. The Bertz CT molecular complexity index is 819. The first-order chi connectivity index (χ1) is 10.3. The van der Waals surface area contributed by atoms with Gasteiger partial charge in [0.05, 0.1) is 15.9 Å². The van der Waals surface area contributed by atoms with Gasteiger partial charge in [0, 0.05) is 47.9 Å². The van der Waals surface area contributed by atoms with E-state index in [1.165, 1.54) is 6.20 Å². The second kappa shape index (κ2) is 5.85. The molecule has 0 saturated heterocycles. The van der Waals surface area contributed by atoms with Crippen molar-refractivity contribution >= 4 is 33.3 Å². The fraction of sp³-hybridized carbons (Fsp3) is 0.0625. The number of hydrogen-bond donors (Lipinski definition) is 1. The minimum atomic E-state index is 0.813. The summed E-state index contributed by atoms with van der Waals surface area (Å²) in [4.78, 5) is 14.0. The van der Waals surface area contributed by atoms with Crippen LogP contribution >= 0.6 is 11.3 Å². The van der Waals surface area contributed by atoms with E-state index in [1.807, 2.05) is 24.4 Å². The number of aliphatic imine (C=N–C) groups is 1. The molecule has 21 heavy (non-hydrogen) atoms. The minimum Gasteiger partial charge on any atom is -0.404 e. The Kier molecular flexibility index (Phi) is 3.75. The number of aromatic nitrogens is 2. The average molecular weight is 294 g/mol. The van der Waals surface area contributed by atoms with E-state index >= 15 is 0 Å². The monoisotopic (exact) mass is 294 g/mol. The van der Waals surface area contributed by atoms with E-state index < -0.39 is 0 Å². The fourth-order valence-electron chi connectivity index (χ4n) is 2.07. The lowest BCUT2D eigenvalue weighted by atomic mass is 10.2. The highest BCUT2D eigenvalue weighted by atomic mass is 32.1. The zero-order valence-electron chi connectivity index (χ0n) is 11.5. The van der Waals surface area contributed by atoms with E-state index in [2.05, 4.69) is 27.1 Å². The molecule has 0 radical (unpaired) electrons. The number of nitrogens with two attached hydrogens (primary N) is 1. The lowest BCUT2D eigenvalue weighted by molar-refractivity contribution is 1.33. The first kappa shape index (κ1) is 13.5. The first-order valence-electron chi connectivity index (χ1n) is 6.47. The SMILES string of the molecule is CN=CC(=CN)c1ccc2sc(-c3cccnc3)cc2n1. The van der Waals surface area contributed by atoms with Crippen LogP contribution in [0.15, 0.2) is 53.9 Å². The average Bonchev–Trinajstić information content (AvgIpc) is 2.96. The van der Waals surface area contributed by atoms with E-state index in [1.54, 1.807) is 30.8 Å². The lowest BCUT2D eigenvalue weighted by Crippen LogP contribution is -1.94. The smallest absolute Gasteiger partial charge is 0.0823 e. The van der Waals surface area contributed by atoms with E-state index in [4.69, 9.17) is 5.73 Å². The molecule has 0 atom stereocenters. The molecule has 3 aromatic heterocycles. The number of hydrogen-bond acceptors (Lipinski definition) is 5. The Morgan fingerprint density at radius 3 is 2.95 bits per heavy atom. The van der Waals surface area contributed by atoms with Crippen LogP contribution in [0.4, 0.5) is 0 Å². The van der Waals surface area contributed by atoms with Gasteiger partial charge >= 0.3 is 0 Å². The molecule has 0 amide bonds. The molecular weight excluding hydrogens is 280 g/mol. The Morgan fingerprint density at radius 2 is 2.24 bits per heavy atom. The number of pyridine rings is 2. The van der Waals surface area contributed by atoms with Crippen LogP contribution in [0, 0.1) is 0 Å². The molecule has 0 aliphatic carbocycles. The Balaban J connectivity index is 2.07. The maximum absolute atomic E-state index is 5.63. The normalized spacial score (nSPS) is 12.3. The van der Waals surface area contributed by atoms with Crippen LogP contribution in [0.1, 0.15) is 5.69 Å². The van der Waals surface area contributed by atoms with Crippen LogP contribution in [-0.4, -0.2) is 23.2 Å². The van der Waals surface area contributed by atoms with Crippen molar-refractivity contribution in [1.29, 1.82) is 0 Å². The van der Waals surface area contributed by atoms with Crippen molar-refractivity contribution in [3.63, 3.8) is 0 Å². The second-order valence-corrected chi connectivity index (χ2v) is 5.53. The van der Waals surface area contributed by atoms with Crippen molar-refractivity contribution in [3.05, 3.63) is 54.6 Å². The quantitative estimate of drug-likeness (QED) is 0.753. The summed E-state index contributed by atoms with van der Waals surface area (Å²) in [5.74, 6) is 0. The van der Waals surface area contributed by atoms with E-state index in [0.29, 0.717) is 0 Å². The molecule has 4 nitrogen and oxygen atoms in total. The largest absolute Gasteiger partial charge is 0.404 e. The summed E-state index contributed by atoms with van der Waals surface area (Å²) in [7, 11) is 1.72. The van der Waals surface area contributed by atoms with Crippen LogP contribution in [0.2, 0.25) is 0 Å². The summed E-state index contributed by atoms with van der Waals surface area (Å²) < 4.78 is 1.14. The van der Waals surface area contributed by atoms with Crippen molar-refractivity contribution in [2.24, 2.45) is 10.7 Å². The fourth-order valence-corrected chi connectivity index (χ4v) is 3.06. The van der Waals surface area contributed by atoms with Gasteiger partial charge in [-0.05, 0) is 24.3 Å². The van der Waals surface area contributed by atoms with Crippen LogP contribution in [0.25, 0.3) is 26.2 Å². The van der Waals surface area contributed by atoms with E-state index in [0.717, 1.165) is 31.9 Å². The summed E-state index contributed by atoms with van der Waals surface area (Å²) in [6, 6.07) is 10.1. The maximum Gasteiger partial charge on any atom is 0.0823 e. The molecule has 3 aromatic rings. The number of fused-ring (bicyclic) bond motifs is 1. The van der Waals surface area contributed by atoms with Crippen LogP contribution in [0.3, 0.4) is 0 Å². The zero-order valence-corrected chi connectivity index (χ0v) is 12.3. The Hall–Kier alpha value is -2.53. The van der Waals surface area contributed by atoms with Gasteiger partial charge in [0.1, 0.15) is 0 Å². The molecule has 3 heterocycles. The van der Waals surface area contributed by atoms with Gasteiger partial charge in [-0.3, -0.25) is 9.98 Å². The minimum absolute atomic E-state index is 0.813. The number of thiophene rings is 1. The molecule has 0 saturated carbocycles. The number of allylic oxidation sites excluding steroid dienone is 1. The molecule has 3 rings (SSSR count). The first-order valence-corrected chi connectivity index (χ1v) is 7.29. The van der Waals surface area contributed by atoms with Gasteiger partial charge in [0.2, 0.25) is 0 Å². The molecule has 0 aromatic carbocycles. The lowest BCUT2D eigenvalue weighted by Gasteiger charge is -1.99. The number of rotatable bonds is 3. The van der Waals surface area contributed by atoms with Crippen molar-refractivity contribution in [3.8, 4) is 10.4 Å². The van der Waals surface area contributed by atoms with Crippen molar-refractivity contribution < 1.29 is 0 Å². The standard InChI is InChI=1S/C16H14N4S/c1-18-9-12(8-17)13-4-5-15-14(20-13)7-16(21-15)11-3-2-6-19-10-11/h2-10H,17H2,1H3. The zero-order chi connectivity index (χ0) is 14.7. The van der Waals surface area contributed by atoms with Crippen molar-refractivity contribution in [2.45, 2.75) is 0 Å². The topological polar surface area (TPSA) is 64.2 Å². The molecule has 0 spiro atoms. The predicted octanol–water partition coefficient (Wildman–Crippen LogP) is 3.36. The Labute approximate surface area is 126 Å². The van der Waals surface area contributed by atoms with Gasteiger partial charge in [0.25, 0.3) is 0 Å². The molecule has 2 N–H and O–H groups in total. The predicted molar refractivity (Wildman–Crippen MR) is 89.4 cm³/mol. The van der Waals surface area contributed by atoms with Crippen LogP contribution in [0.5, 0.6) is 0 Å². The molecule has 5 heteroatoms. The molecule has 0 unspecified atom stereocenters. The van der Waals surface area contributed by atoms with Crippen LogP contribution in [-0.2, 0) is 0 Å².